The van der Waals surface area contributed by atoms with Crippen molar-refractivity contribution in [3.63, 3.8) is 0 Å². The minimum Gasteiger partial charge on any atom is -0.376 e. The van der Waals surface area contributed by atoms with E-state index in [0.29, 0.717) is 6.04 Å². The van der Waals surface area contributed by atoms with Crippen molar-refractivity contribution in [3.8, 4) is 0 Å². The first-order valence-corrected chi connectivity index (χ1v) is 7.92. The summed E-state index contributed by atoms with van der Waals surface area (Å²) in [4.78, 5) is 12.3. The standard InChI is InChI=1S/C15H26N2O2.ClH/c1-10(14-7-4-8-19-14)16-15(18)13-9-11-5-2-3-6-12(11)17-13;/h10-14,17H,2-9H2,1H3,(H,16,18);1H. The van der Waals surface area contributed by atoms with Crippen molar-refractivity contribution in [2.75, 3.05) is 6.61 Å². The number of hydrogen-bond acceptors (Lipinski definition) is 3. The molecule has 1 saturated carbocycles. The Morgan fingerprint density at radius 2 is 2.05 bits per heavy atom. The molecule has 2 aliphatic heterocycles. The summed E-state index contributed by atoms with van der Waals surface area (Å²) in [6.45, 7) is 2.91. The van der Waals surface area contributed by atoms with E-state index in [2.05, 4.69) is 17.6 Å². The van der Waals surface area contributed by atoms with E-state index in [9.17, 15) is 4.79 Å². The summed E-state index contributed by atoms with van der Waals surface area (Å²) >= 11 is 0. The van der Waals surface area contributed by atoms with Gasteiger partial charge in [-0.15, -0.1) is 12.4 Å². The highest BCUT2D eigenvalue weighted by Gasteiger charge is 2.38. The lowest BCUT2D eigenvalue weighted by atomic mass is 9.85. The highest BCUT2D eigenvalue weighted by atomic mass is 35.5. The normalized spacial score (nSPS) is 37.9. The van der Waals surface area contributed by atoms with Crippen molar-refractivity contribution in [3.05, 3.63) is 0 Å². The molecule has 5 heteroatoms. The lowest BCUT2D eigenvalue weighted by molar-refractivity contribution is -0.124. The quantitative estimate of drug-likeness (QED) is 0.838. The number of fused-ring (bicyclic) bond motifs is 1. The fraction of sp³-hybridized carbons (Fsp3) is 0.933. The molecule has 3 rings (SSSR count). The van der Waals surface area contributed by atoms with Gasteiger partial charge in [-0.1, -0.05) is 12.8 Å². The summed E-state index contributed by atoms with van der Waals surface area (Å²) in [5, 5.41) is 6.68. The fourth-order valence-corrected chi connectivity index (χ4v) is 3.94. The van der Waals surface area contributed by atoms with E-state index in [1.807, 2.05) is 0 Å². The van der Waals surface area contributed by atoms with Crippen molar-refractivity contribution in [1.82, 2.24) is 10.6 Å². The first kappa shape index (κ1) is 16.1. The van der Waals surface area contributed by atoms with Gasteiger partial charge in [-0.2, -0.15) is 0 Å². The SMILES string of the molecule is CC(NC(=O)C1CC2CCCCC2N1)C1CCCO1.Cl. The maximum Gasteiger partial charge on any atom is 0.237 e. The second kappa shape index (κ2) is 7.10. The molecule has 2 heterocycles. The third-order valence-corrected chi connectivity index (χ3v) is 5.07. The second-order valence-corrected chi connectivity index (χ2v) is 6.45. The van der Waals surface area contributed by atoms with Crippen LogP contribution in [0.3, 0.4) is 0 Å². The molecule has 4 nitrogen and oxygen atoms in total. The first-order valence-electron chi connectivity index (χ1n) is 7.92. The summed E-state index contributed by atoms with van der Waals surface area (Å²) < 4.78 is 5.64. The van der Waals surface area contributed by atoms with E-state index in [-0.39, 0.29) is 36.5 Å². The summed E-state index contributed by atoms with van der Waals surface area (Å²) in [5.74, 6) is 0.903. The van der Waals surface area contributed by atoms with Crippen LogP contribution in [0, 0.1) is 5.92 Å². The Morgan fingerprint density at radius 1 is 1.25 bits per heavy atom. The van der Waals surface area contributed by atoms with Crippen LogP contribution >= 0.6 is 12.4 Å². The van der Waals surface area contributed by atoms with Crippen molar-refractivity contribution in [2.24, 2.45) is 5.92 Å². The van der Waals surface area contributed by atoms with Gasteiger partial charge >= 0.3 is 0 Å². The zero-order valence-corrected chi connectivity index (χ0v) is 13.1. The van der Waals surface area contributed by atoms with Crippen molar-refractivity contribution in [1.29, 1.82) is 0 Å². The molecule has 0 aromatic heterocycles. The molecule has 2 saturated heterocycles. The third-order valence-electron chi connectivity index (χ3n) is 5.07. The number of hydrogen-bond donors (Lipinski definition) is 2. The molecule has 5 unspecified atom stereocenters. The Morgan fingerprint density at radius 3 is 2.75 bits per heavy atom. The van der Waals surface area contributed by atoms with Gasteiger partial charge in [-0.25, -0.2) is 0 Å². The van der Waals surface area contributed by atoms with Crippen LogP contribution in [0.15, 0.2) is 0 Å². The monoisotopic (exact) mass is 302 g/mol. The molecular weight excluding hydrogens is 276 g/mol. The number of halogens is 1. The number of amides is 1. The van der Waals surface area contributed by atoms with Gasteiger partial charge < -0.3 is 15.4 Å². The number of nitrogens with one attached hydrogen (secondary N) is 2. The summed E-state index contributed by atoms with van der Waals surface area (Å²) in [6, 6.07) is 0.749. The minimum absolute atomic E-state index is 0. The van der Waals surface area contributed by atoms with Gasteiger partial charge in [-0.05, 0) is 44.9 Å². The van der Waals surface area contributed by atoms with Gasteiger partial charge in [0.15, 0.2) is 0 Å². The average molecular weight is 303 g/mol. The van der Waals surface area contributed by atoms with Crippen LogP contribution in [0.2, 0.25) is 0 Å². The van der Waals surface area contributed by atoms with Gasteiger partial charge in [0, 0.05) is 12.6 Å². The molecular formula is C15H27ClN2O2. The molecule has 2 N–H and O–H groups in total. The van der Waals surface area contributed by atoms with E-state index >= 15 is 0 Å². The lowest BCUT2D eigenvalue weighted by Crippen LogP contribution is -2.49. The first-order chi connectivity index (χ1) is 9.24. The van der Waals surface area contributed by atoms with Crippen molar-refractivity contribution in [2.45, 2.75) is 76.1 Å². The van der Waals surface area contributed by atoms with Gasteiger partial charge in [0.25, 0.3) is 0 Å². The Labute approximate surface area is 127 Å². The van der Waals surface area contributed by atoms with Crippen LogP contribution in [0.5, 0.6) is 0 Å². The topological polar surface area (TPSA) is 50.4 Å². The maximum absolute atomic E-state index is 12.3. The number of ether oxygens (including phenoxy) is 1. The molecule has 20 heavy (non-hydrogen) atoms. The molecule has 0 spiro atoms. The second-order valence-electron chi connectivity index (χ2n) is 6.45. The Bertz CT molecular complexity index is 320. The van der Waals surface area contributed by atoms with E-state index in [0.717, 1.165) is 31.8 Å². The molecule has 5 atom stereocenters. The molecule has 3 fully saturated rings. The van der Waals surface area contributed by atoms with Crippen LogP contribution in [0.25, 0.3) is 0 Å². The lowest BCUT2D eigenvalue weighted by Gasteiger charge is -2.24. The van der Waals surface area contributed by atoms with E-state index in [1.165, 1.54) is 25.7 Å². The molecule has 0 radical (unpaired) electrons. The van der Waals surface area contributed by atoms with Gasteiger partial charge in [0.05, 0.1) is 18.2 Å². The Balaban J connectivity index is 0.00000147. The third kappa shape index (κ3) is 3.46. The summed E-state index contributed by atoms with van der Waals surface area (Å²) in [5.41, 5.74) is 0. The molecule has 0 bridgehead atoms. The van der Waals surface area contributed by atoms with Crippen LogP contribution in [-0.2, 0) is 9.53 Å². The predicted molar refractivity (Wildman–Crippen MR) is 81.1 cm³/mol. The highest BCUT2D eigenvalue weighted by molar-refractivity contribution is 5.85. The highest BCUT2D eigenvalue weighted by Crippen LogP contribution is 2.33. The molecule has 1 amide bonds. The molecule has 0 aromatic carbocycles. The molecule has 3 aliphatic rings. The zero-order chi connectivity index (χ0) is 13.2. The number of rotatable bonds is 3. The molecule has 1 aliphatic carbocycles. The molecule has 0 aromatic rings. The van der Waals surface area contributed by atoms with E-state index in [4.69, 9.17) is 4.74 Å². The van der Waals surface area contributed by atoms with Gasteiger partial charge in [0.1, 0.15) is 0 Å². The summed E-state index contributed by atoms with van der Waals surface area (Å²) in [7, 11) is 0. The van der Waals surface area contributed by atoms with E-state index in [1.54, 1.807) is 0 Å². The maximum atomic E-state index is 12.3. The Hall–Kier alpha value is -0.320. The van der Waals surface area contributed by atoms with Crippen LogP contribution in [-0.4, -0.2) is 36.7 Å². The predicted octanol–water partition coefficient (Wildman–Crippen LogP) is 2.01. The largest absolute Gasteiger partial charge is 0.376 e. The minimum atomic E-state index is 0. The van der Waals surface area contributed by atoms with Crippen LogP contribution in [0.1, 0.15) is 51.9 Å². The van der Waals surface area contributed by atoms with Gasteiger partial charge in [0.2, 0.25) is 5.91 Å². The van der Waals surface area contributed by atoms with Crippen LogP contribution < -0.4 is 10.6 Å². The van der Waals surface area contributed by atoms with Crippen molar-refractivity contribution < 1.29 is 9.53 Å². The number of carbonyl (C=O) groups is 1. The fourth-order valence-electron chi connectivity index (χ4n) is 3.94. The van der Waals surface area contributed by atoms with E-state index < -0.39 is 0 Å². The number of carbonyl (C=O) groups excluding carboxylic acids is 1. The zero-order valence-electron chi connectivity index (χ0n) is 12.3. The van der Waals surface area contributed by atoms with Crippen LogP contribution in [0.4, 0.5) is 0 Å². The smallest absolute Gasteiger partial charge is 0.237 e. The summed E-state index contributed by atoms with van der Waals surface area (Å²) in [6.07, 6.45) is 8.63. The van der Waals surface area contributed by atoms with Gasteiger partial charge in [-0.3, -0.25) is 4.79 Å². The Kier molecular flexibility index (Phi) is 5.70. The molecule has 116 valence electrons. The average Bonchev–Trinajstić information content (AvgIpc) is 3.07. The van der Waals surface area contributed by atoms with Crippen molar-refractivity contribution >= 4 is 18.3 Å².